The molecular weight excluding hydrogens is 303 g/mol. The van der Waals surface area contributed by atoms with Crippen LogP contribution in [0.5, 0.6) is 0 Å². The molecular formula is C16H17FN2O4. The van der Waals surface area contributed by atoms with E-state index in [1.54, 1.807) is 0 Å². The Morgan fingerprint density at radius 3 is 2.52 bits per heavy atom. The largest absolute Gasteiger partial charge is 0.481 e. The zero-order valence-electron chi connectivity index (χ0n) is 12.4. The summed E-state index contributed by atoms with van der Waals surface area (Å²) in [5.74, 6) is -2.44. The molecule has 0 unspecified atom stereocenters. The number of rotatable bonds is 3. The molecule has 0 spiro atoms. The standard InChI is InChI=1S/C16H17FN2O4/c17-11-2-1-3-12(8-11)19-14(20)9-13(15(19)21)18-6-4-10(5-7-18)16(22)23/h1-3,8,10,13H,4-7,9H2,(H,22,23)/t13-/m0/s1. The van der Waals surface area contributed by atoms with E-state index in [-0.39, 0.29) is 23.9 Å². The van der Waals surface area contributed by atoms with Gasteiger partial charge < -0.3 is 5.11 Å². The van der Waals surface area contributed by atoms with Gasteiger partial charge in [0.15, 0.2) is 0 Å². The van der Waals surface area contributed by atoms with Crippen molar-refractivity contribution in [2.45, 2.75) is 25.3 Å². The van der Waals surface area contributed by atoms with Crippen molar-refractivity contribution in [3.63, 3.8) is 0 Å². The number of carbonyl (C=O) groups is 3. The van der Waals surface area contributed by atoms with Crippen molar-refractivity contribution in [2.75, 3.05) is 18.0 Å². The number of amides is 2. The minimum absolute atomic E-state index is 0.0487. The number of carboxylic acid groups (broad SMARTS) is 1. The Bertz CT molecular complexity index is 655. The Labute approximate surface area is 132 Å². The molecule has 1 aromatic carbocycles. The van der Waals surface area contributed by atoms with Crippen LogP contribution in [0.2, 0.25) is 0 Å². The minimum Gasteiger partial charge on any atom is -0.481 e. The van der Waals surface area contributed by atoms with Crippen molar-refractivity contribution >= 4 is 23.5 Å². The van der Waals surface area contributed by atoms with Crippen molar-refractivity contribution < 1.29 is 23.9 Å². The number of nitrogens with zero attached hydrogens (tertiary/aromatic N) is 2. The molecule has 1 atom stereocenters. The van der Waals surface area contributed by atoms with Crippen LogP contribution in [0.4, 0.5) is 10.1 Å². The highest BCUT2D eigenvalue weighted by atomic mass is 19.1. The summed E-state index contributed by atoms with van der Waals surface area (Å²) in [7, 11) is 0. The summed E-state index contributed by atoms with van der Waals surface area (Å²) in [6, 6.07) is 4.81. The number of piperidine rings is 1. The molecule has 0 saturated carbocycles. The fourth-order valence-electron chi connectivity index (χ4n) is 3.25. The van der Waals surface area contributed by atoms with Gasteiger partial charge in [-0.05, 0) is 44.1 Å². The molecule has 1 aromatic rings. The Kier molecular flexibility index (Phi) is 4.12. The SMILES string of the molecule is O=C(O)C1CCN([C@H]2CC(=O)N(c3cccc(F)c3)C2=O)CC1. The minimum atomic E-state index is -0.820. The molecule has 2 heterocycles. The molecule has 0 aromatic heterocycles. The van der Waals surface area contributed by atoms with E-state index < -0.39 is 23.7 Å². The lowest BCUT2D eigenvalue weighted by Gasteiger charge is -2.33. The van der Waals surface area contributed by atoms with Gasteiger partial charge in [0.2, 0.25) is 5.91 Å². The maximum Gasteiger partial charge on any atom is 0.306 e. The van der Waals surface area contributed by atoms with Crippen LogP contribution in [0.3, 0.4) is 0 Å². The van der Waals surface area contributed by atoms with Crippen LogP contribution >= 0.6 is 0 Å². The van der Waals surface area contributed by atoms with Gasteiger partial charge in [0.05, 0.1) is 24.1 Å². The van der Waals surface area contributed by atoms with Gasteiger partial charge in [-0.1, -0.05) is 6.07 Å². The third-order valence-corrected chi connectivity index (χ3v) is 4.51. The fourth-order valence-corrected chi connectivity index (χ4v) is 3.25. The number of benzene rings is 1. The molecule has 6 nitrogen and oxygen atoms in total. The molecule has 1 N–H and O–H groups in total. The maximum atomic E-state index is 13.3. The number of anilines is 1. The van der Waals surface area contributed by atoms with Crippen molar-refractivity contribution in [2.24, 2.45) is 5.92 Å². The van der Waals surface area contributed by atoms with Crippen molar-refractivity contribution in [3.8, 4) is 0 Å². The zero-order valence-corrected chi connectivity index (χ0v) is 12.4. The first-order chi connectivity index (χ1) is 11.0. The Balaban J connectivity index is 1.73. The quantitative estimate of drug-likeness (QED) is 0.848. The lowest BCUT2D eigenvalue weighted by molar-refractivity contribution is -0.143. The van der Waals surface area contributed by atoms with E-state index in [0.29, 0.717) is 25.9 Å². The van der Waals surface area contributed by atoms with E-state index in [9.17, 15) is 18.8 Å². The molecule has 2 saturated heterocycles. The normalized spacial score (nSPS) is 23.5. The summed E-state index contributed by atoms with van der Waals surface area (Å²) in [6.07, 6.45) is 0.980. The number of carbonyl (C=O) groups excluding carboxylic acids is 2. The van der Waals surface area contributed by atoms with Gasteiger partial charge in [0.25, 0.3) is 5.91 Å². The van der Waals surface area contributed by atoms with Gasteiger partial charge in [0.1, 0.15) is 5.82 Å². The first-order valence-electron chi connectivity index (χ1n) is 7.56. The van der Waals surface area contributed by atoms with Crippen molar-refractivity contribution in [3.05, 3.63) is 30.1 Å². The van der Waals surface area contributed by atoms with E-state index in [1.165, 1.54) is 18.2 Å². The fraction of sp³-hybridized carbons (Fsp3) is 0.438. The van der Waals surface area contributed by atoms with Crippen LogP contribution in [-0.2, 0) is 14.4 Å². The van der Waals surface area contributed by atoms with E-state index in [0.717, 1.165) is 11.0 Å². The summed E-state index contributed by atoms with van der Waals surface area (Å²) in [5.41, 5.74) is 0.239. The second-order valence-corrected chi connectivity index (χ2v) is 5.92. The van der Waals surface area contributed by atoms with Crippen LogP contribution in [0.25, 0.3) is 0 Å². The Morgan fingerprint density at radius 2 is 1.91 bits per heavy atom. The Morgan fingerprint density at radius 1 is 1.22 bits per heavy atom. The van der Waals surface area contributed by atoms with Crippen molar-refractivity contribution in [1.82, 2.24) is 4.90 Å². The first kappa shape index (κ1) is 15.6. The van der Waals surface area contributed by atoms with Gasteiger partial charge in [-0.15, -0.1) is 0 Å². The molecule has 2 aliphatic rings. The molecule has 122 valence electrons. The Hall–Kier alpha value is -2.28. The first-order valence-corrected chi connectivity index (χ1v) is 7.56. The van der Waals surface area contributed by atoms with Crippen LogP contribution in [0, 0.1) is 11.7 Å². The van der Waals surface area contributed by atoms with E-state index in [2.05, 4.69) is 0 Å². The molecule has 2 amide bonds. The highest BCUT2D eigenvalue weighted by molar-refractivity contribution is 6.22. The van der Waals surface area contributed by atoms with Crippen molar-refractivity contribution in [1.29, 1.82) is 0 Å². The molecule has 7 heteroatoms. The smallest absolute Gasteiger partial charge is 0.306 e. The molecule has 3 rings (SSSR count). The van der Waals surface area contributed by atoms with Gasteiger partial charge in [-0.2, -0.15) is 0 Å². The van der Waals surface area contributed by atoms with Gasteiger partial charge in [0, 0.05) is 0 Å². The summed E-state index contributed by atoms with van der Waals surface area (Å²) in [6.45, 7) is 0.940. The second kappa shape index (κ2) is 6.08. The number of imide groups is 1. The molecule has 2 aliphatic heterocycles. The number of likely N-dealkylation sites (tertiary alicyclic amines) is 1. The average molecular weight is 320 g/mol. The van der Waals surface area contributed by atoms with Crippen LogP contribution < -0.4 is 4.90 Å². The summed E-state index contributed by atoms with van der Waals surface area (Å²) in [4.78, 5) is 38.6. The predicted octanol–water partition coefficient (Wildman–Crippen LogP) is 1.25. The van der Waals surface area contributed by atoms with Gasteiger partial charge in [-0.25, -0.2) is 9.29 Å². The number of carboxylic acids is 1. The van der Waals surface area contributed by atoms with E-state index in [1.807, 2.05) is 4.90 Å². The molecule has 2 fully saturated rings. The number of aliphatic carboxylic acids is 1. The molecule has 0 bridgehead atoms. The van der Waals surface area contributed by atoms with Gasteiger partial charge in [-0.3, -0.25) is 19.3 Å². The van der Waals surface area contributed by atoms with E-state index in [4.69, 9.17) is 5.11 Å². The van der Waals surface area contributed by atoms with Crippen LogP contribution in [0.1, 0.15) is 19.3 Å². The lowest BCUT2D eigenvalue weighted by Crippen LogP contribution is -2.46. The monoisotopic (exact) mass is 320 g/mol. The van der Waals surface area contributed by atoms with Gasteiger partial charge >= 0.3 is 5.97 Å². The molecule has 23 heavy (non-hydrogen) atoms. The highest BCUT2D eigenvalue weighted by Crippen LogP contribution is 2.28. The van der Waals surface area contributed by atoms with Crippen LogP contribution in [-0.4, -0.2) is 46.9 Å². The third-order valence-electron chi connectivity index (χ3n) is 4.51. The van der Waals surface area contributed by atoms with E-state index >= 15 is 0 Å². The molecule has 0 radical (unpaired) electrons. The number of hydrogen-bond acceptors (Lipinski definition) is 4. The summed E-state index contributed by atoms with van der Waals surface area (Å²) in [5, 5.41) is 9.02. The predicted molar refractivity (Wildman–Crippen MR) is 79.2 cm³/mol. The number of hydrogen-bond donors (Lipinski definition) is 1. The molecule has 0 aliphatic carbocycles. The second-order valence-electron chi connectivity index (χ2n) is 5.92. The highest BCUT2D eigenvalue weighted by Gasteiger charge is 2.43. The number of halogens is 1. The third kappa shape index (κ3) is 2.96. The summed E-state index contributed by atoms with van der Waals surface area (Å²) >= 11 is 0. The maximum absolute atomic E-state index is 13.3. The summed E-state index contributed by atoms with van der Waals surface area (Å²) < 4.78 is 13.3. The van der Waals surface area contributed by atoms with Crippen LogP contribution in [0.15, 0.2) is 24.3 Å². The average Bonchev–Trinajstić information content (AvgIpc) is 2.82. The topological polar surface area (TPSA) is 77.9 Å². The zero-order chi connectivity index (χ0) is 16.6. The lowest BCUT2D eigenvalue weighted by atomic mass is 9.96.